The maximum absolute atomic E-state index is 13.0. The highest BCUT2D eigenvalue weighted by Crippen LogP contribution is 2.38. The highest BCUT2D eigenvalue weighted by Gasteiger charge is 2.39. The van der Waals surface area contributed by atoms with Crippen molar-refractivity contribution >= 4 is 0 Å². The molecule has 2 atom stereocenters. The summed E-state index contributed by atoms with van der Waals surface area (Å²) in [7, 11) is 0. The van der Waals surface area contributed by atoms with Gasteiger partial charge in [-0.1, -0.05) is 0 Å². The van der Waals surface area contributed by atoms with Gasteiger partial charge in [-0.15, -0.1) is 0 Å². The third-order valence-electron chi connectivity index (χ3n) is 3.41. The van der Waals surface area contributed by atoms with Crippen molar-refractivity contribution in [2.24, 2.45) is 5.92 Å². The maximum Gasteiger partial charge on any atom is 0.248 e. The van der Waals surface area contributed by atoms with Gasteiger partial charge in [-0.2, -0.15) is 0 Å². The Kier molecular flexibility index (Phi) is 3.52. The summed E-state index contributed by atoms with van der Waals surface area (Å²) < 4.78 is 31.5. The fraction of sp³-hybridized carbons (Fsp3) is 0.692. The first-order chi connectivity index (χ1) is 7.96. The molecule has 1 aromatic heterocycles. The van der Waals surface area contributed by atoms with E-state index in [0.29, 0.717) is 13.0 Å². The lowest BCUT2D eigenvalue weighted by Gasteiger charge is -2.15. The van der Waals surface area contributed by atoms with Crippen molar-refractivity contribution in [2.45, 2.75) is 45.1 Å². The molecule has 2 rings (SSSR count). The van der Waals surface area contributed by atoms with Crippen molar-refractivity contribution in [3.8, 4) is 0 Å². The number of hydrogen-bond donors (Lipinski definition) is 1. The topological polar surface area (TPSA) is 25.2 Å². The number of nitrogens with one attached hydrogen (secondary N) is 1. The van der Waals surface area contributed by atoms with Crippen LogP contribution in [0.15, 0.2) is 16.5 Å². The third-order valence-corrected chi connectivity index (χ3v) is 3.41. The van der Waals surface area contributed by atoms with Crippen LogP contribution in [0, 0.1) is 12.8 Å². The molecule has 0 radical (unpaired) electrons. The molecule has 0 spiro atoms. The second-order valence-electron chi connectivity index (χ2n) is 5.04. The van der Waals surface area contributed by atoms with E-state index in [-0.39, 0.29) is 24.8 Å². The molecule has 2 nitrogen and oxygen atoms in total. The second kappa shape index (κ2) is 4.77. The van der Waals surface area contributed by atoms with Gasteiger partial charge in [0, 0.05) is 12.8 Å². The van der Waals surface area contributed by atoms with Gasteiger partial charge in [0.2, 0.25) is 5.92 Å². The highest BCUT2D eigenvalue weighted by atomic mass is 19.3. The first-order valence-electron chi connectivity index (χ1n) is 6.14. The first kappa shape index (κ1) is 12.6. The van der Waals surface area contributed by atoms with Crippen molar-refractivity contribution in [2.75, 3.05) is 6.54 Å². The van der Waals surface area contributed by atoms with Crippen LogP contribution in [0.5, 0.6) is 0 Å². The Morgan fingerprint density at radius 2 is 2.29 bits per heavy atom. The molecule has 0 aliphatic heterocycles. The minimum Gasteiger partial charge on any atom is -0.465 e. The predicted octanol–water partition coefficient (Wildman–Crippen LogP) is 3.67. The zero-order valence-corrected chi connectivity index (χ0v) is 10.3. The van der Waals surface area contributed by atoms with Gasteiger partial charge < -0.3 is 9.73 Å². The minimum atomic E-state index is -2.45. The zero-order valence-electron chi connectivity index (χ0n) is 10.3. The Balaban J connectivity index is 1.79. The van der Waals surface area contributed by atoms with Gasteiger partial charge in [0.05, 0.1) is 6.04 Å². The van der Waals surface area contributed by atoms with Crippen molar-refractivity contribution in [1.82, 2.24) is 5.32 Å². The molecule has 1 aliphatic rings. The van der Waals surface area contributed by atoms with Gasteiger partial charge in [-0.25, -0.2) is 8.78 Å². The summed E-state index contributed by atoms with van der Waals surface area (Å²) in [4.78, 5) is 0. The Bertz CT molecular complexity index is 375. The Hall–Kier alpha value is -0.900. The minimum absolute atomic E-state index is 0.0178. The second-order valence-corrected chi connectivity index (χ2v) is 5.04. The number of alkyl halides is 2. The standard InChI is InChI=1S/C13H19F2NO/c1-9-3-4-12(17-9)10(2)16-8-11-5-6-13(14,15)7-11/h3-4,10-11,16H,5-8H2,1-2H3. The van der Waals surface area contributed by atoms with E-state index in [4.69, 9.17) is 4.42 Å². The van der Waals surface area contributed by atoms with Gasteiger partial charge in [0.15, 0.2) is 0 Å². The molecule has 1 saturated carbocycles. The summed E-state index contributed by atoms with van der Waals surface area (Å²) in [6.45, 7) is 4.52. The van der Waals surface area contributed by atoms with Gasteiger partial charge in [0.25, 0.3) is 0 Å². The highest BCUT2D eigenvalue weighted by molar-refractivity contribution is 5.08. The van der Waals surface area contributed by atoms with Crippen LogP contribution in [0.25, 0.3) is 0 Å². The molecule has 0 amide bonds. The maximum atomic E-state index is 13.0. The van der Waals surface area contributed by atoms with Crippen molar-refractivity contribution in [1.29, 1.82) is 0 Å². The molecular weight excluding hydrogens is 224 g/mol. The van der Waals surface area contributed by atoms with E-state index in [0.717, 1.165) is 11.5 Å². The summed E-state index contributed by atoms with van der Waals surface area (Å²) >= 11 is 0. The van der Waals surface area contributed by atoms with E-state index >= 15 is 0 Å². The van der Waals surface area contributed by atoms with Crippen LogP contribution in [0.1, 0.15) is 43.7 Å². The zero-order chi connectivity index (χ0) is 12.5. The Morgan fingerprint density at radius 3 is 2.82 bits per heavy atom. The van der Waals surface area contributed by atoms with Crippen LogP contribution in [0.4, 0.5) is 8.78 Å². The van der Waals surface area contributed by atoms with E-state index in [1.165, 1.54) is 0 Å². The monoisotopic (exact) mass is 243 g/mol. The molecule has 4 heteroatoms. The average Bonchev–Trinajstić information content (AvgIpc) is 2.81. The lowest BCUT2D eigenvalue weighted by atomic mass is 10.1. The molecule has 0 saturated heterocycles. The SMILES string of the molecule is Cc1ccc(C(C)NCC2CCC(F)(F)C2)o1. The predicted molar refractivity (Wildman–Crippen MR) is 62.2 cm³/mol. The Labute approximate surface area is 100 Å². The van der Waals surface area contributed by atoms with Crippen molar-refractivity contribution in [3.63, 3.8) is 0 Å². The molecule has 1 N–H and O–H groups in total. The van der Waals surface area contributed by atoms with Crippen LogP contribution in [-0.4, -0.2) is 12.5 Å². The fourth-order valence-electron chi connectivity index (χ4n) is 2.35. The van der Waals surface area contributed by atoms with Gasteiger partial charge in [0.1, 0.15) is 11.5 Å². The lowest BCUT2D eigenvalue weighted by Crippen LogP contribution is -2.25. The molecule has 0 aromatic carbocycles. The third kappa shape index (κ3) is 3.28. The number of rotatable bonds is 4. The summed E-state index contributed by atoms with van der Waals surface area (Å²) in [5.41, 5.74) is 0. The van der Waals surface area contributed by atoms with E-state index in [2.05, 4.69) is 5.32 Å². The van der Waals surface area contributed by atoms with Crippen molar-refractivity contribution < 1.29 is 13.2 Å². The van der Waals surface area contributed by atoms with Gasteiger partial charge in [-0.05, 0) is 44.9 Å². The van der Waals surface area contributed by atoms with Crippen LogP contribution < -0.4 is 5.32 Å². The molecule has 0 bridgehead atoms. The van der Waals surface area contributed by atoms with Gasteiger partial charge in [-0.3, -0.25) is 0 Å². The summed E-state index contributed by atoms with van der Waals surface area (Å²) in [6, 6.07) is 3.92. The normalized spacial score (nSPS) is 25.1. The lowest BCUT2D eigenvalue weighted by molar-refractivity contribution is 0.00498. The molecular formula is C13H19F2NO. The van der Waals surface area contributed by atoms with E-state index in [9.17, 15) is 8.78 Å². The molecule has 2 unspecified atom stereocenters. The Morgan fingerprint density at radius 1 is 1.53 bits per heavy atom. The smallest absolute Gasteiger partial charge is 0.248 e. The average molecular weight is 243 g/mol. The fourth-order valence-corrected chi connectivity index (χ4v) is 2.35. The van der Waals surface area contributed by atoms with Crippen LogP contribution >= 0.6 is 0 Å². The largest absolute Gasteiger partial charge is 0.465 e. The summed E-state index contributed by atoms with van der Waals surface area (Å²) in [5.74, 6) is -0.617. The molecule has 1 aromatic rings. The number of hydrogen-bond acceptors (Lipinski definition) is 2. The molecule has 1 heterocycles. The summed E-state index contributed by atoms with van der Waals surface area (Å²) in [5, 5.41) is 3.26. The van der Waals surface area contributed by atoms with Gasteiger partial charge >= 0.3 is 0 Å². The molecule has 96 valence electrons. The summed E-state index contributed by atoms with van der Waals surface area (Å²) in [6.07, 6.45) is 0.668. The number of aryl methyl sites for hydroxylation is 1. The van der Waals surface area contributed by atoms with E-state index < -0.39 is 5.92 Å². The number of furan rings is 1. The molecule has 1 fully saturated rings. The quantitative estimate of drug-likeness (QED) is 0.872. The van der Waals surface area contributed by atoms with E-state index in [1.54, 1.807) is 0 Å². The van der Waals surface area contributed by atoms with Crippen LogP contribution in [0.3, 0.4) is 0 Å². The first-order valence-corrected chi connectivity index (χ1v) is 6.14. The van der Waals surface area contributed by atoms with Crippen LogP contribution in [-0.2, 0) is 0 Å². The van der Waals surface area contributed by atoms with Crippen LogP contribution in [0.2, 0.25) is 0 Å². The van der Waals surface area contributed by atoms with Crippen molar-refractivity contribution in [3.05, 3.63) is 23.7 Å². The number of halogens is 2. The van der Waals surface area contributed by atoms with E-state index in [1.807, 2.05) is 26.0 Å². The molecule has 1 aliphatic carbocycles. The molecule has 17 heavy (non-hydrogen) atoms.